The average molecular weight is 297 g/mol. The summed E-state index contributed by atoms with van der Waals surface area (Å²) in [6, 6.07) is 9.29. The van der Waals surface area contributed by atoms with Gasteiger partial charge in [-0.25, -0.2) is 4.79 Å². The monoisotopic (exact) mass is 297 g/mol. The van der Waals surface area contributed by atoms with Gasteiger partial charge in [-0.15, -0.1) is 0 Å². The maximum atomic E-state index is 12.3. The number of allylic oxidation sites excluding steroid dienone is 2. The molecule has 3 N–H and O–H groups in total. The van der Waals surface area contributed by atoms with E-state index in [-0.39, 0.29) is 5.78 Å². The second kappa shape index (κ2) is 5.14. The Morgan fingerprint density at radius 2 is 1.77 bits per heavy atom. The Morgan fingerprint density at radius 1 is 1.09 bits per heavy atom. The van der Waals surface area contributed by atoms with Crippen molar-refractivity contribution < 1.29 is 4.79 Å². The highest BCUT2D eigenvalue weighted by molar-refractivity contribution is 5.98. The van der Waals surface area contributed by atoms with Gasteiger partial charge in [-0.05, 0) is 19.4 Å². The van der Waals surface area contributed by atoms with E-state index < -0.39 is 17.2 Å². The maximum absolute atomic E-state index is 12.3. The van der Waals surface area contributed by atoms with Crippen molar-refractivity contribution in [3.05, 3.63) is 73.6 Å². The number of carbonyl (C=O) groups excluding carboxylic acids is 1. The van der Waals surface area contributed by atoms with Crippen molar-refractivity contribution in [3.8, 4) is 0 Å². The second-order valence-corrected chi connectivity index (χ2v) is 5.26. The fourth-order valence-electron chi connectivity index (χ4n) is 2.93. The Bertz CT molecular complexity index is 891. The molecule has 1 aromatic heterocycles. The van der Waals surface area contributed by atoms with Gasteiger partial charge in [0.1, 0.15) is 5.82 Å². The van der Waals surface area contributed by atoms with Crippen molar-refractivity contribution >= 4 is 11.6 Å². The second-order valence-electron chi connectivity index (χ2n) is 5.26. The molecule has 0 aliphatic carbocycles. The Morgan fingerprint density at radius 3 is 2.41 bits per heavy atom. The Balaban J connectivity index is 2.35. The zero-order valence-corrected chi connectivity index (χ0v) is 12.2. The number of anilines is 1. The van der Waals surface area contributed by atoms with Crippen LogP contribution in [0, 0.1) is 0 Å². The van der Waals surface area contributed by atoms with Gasteiger partial charge in [0, 0.05) is 17.2 Å². The molecule has 1 aliphatic heterocycles. The summed E-state index contributed by atoms with van der Waals surface area (Å²) in [6.07, 6.45) is 0. The molecular weight excluding hydrogens is 282 g/mol. The number of aromatic nitrogens is 2. The molecule has 3 rings (SSSR count). The number of hydrogen-bond acceptors (Lipinski definition) is 4. The van der Waals surface area contributed by atoms with Crippen LogP contribution in [0.5, 0.6) is 0 Å². The van der Waals surface area contributed by atoms with E-state index >= 15 is 0 Å². The van der Waals surface area contributed by atoms with Crippen LogP contribution in [-0.4, -0.2) is 15.8 Å². The largest absolute Gasteiger partial charge is 0.345 e. The number of hydrogen-bond donors (Lipinski definition) is 3. The number of aromatic amines is 2. The molecule has 112 valence electrons. The van der Waals surface area contributed by atoms with Gasteiger partial charge >= 0.3 is 5.69 Å². The molecule has 6 heteroatoms. The number of benzene rings is 1. The number of rotatable bonds is 2. The highest BCUT2D eigenvalue weighted by Crippen LogP contribution is 2.38. The topological polar surface area (TPSA) is 94.8 Å². The molecule has 0 amide bonds. The normalized spacial score (nSPS) is 16.9. The number of ketones is 1. The van der Waals surface area contributed by atoms with Crippen LogP contribution < -0.4 is 16.6 Å². The standard InChI is InChI=1S/C16H15N3O3/c1-8-11(9(2)20)12(10-6-4-3-5-7-10)13-14(17-8)18-16(22)19-15(13)21/h3-7,12H,1-2H3,(H3,17,18,19,21,22). The van der Waals surface area contributed by atoms with E-state index in [0.717, 1.165) is 5.56 Å². The molecule has 6 nitrogen and oxygen atoms in total. The number of H-pyrrole nitrogens is 2. The van der Waals surface area contributed by atoms with E-state index in [1.165, 1.54) is 6.92 Å². The highest BCUT2D eigenvalue weighted by atomic mass is 16.2. The third-order valence-electron chi connectivity index (χ3n) is 3.79. The summed E-state index contributed by atoms with van der Waals surface area (Å²) in [5.41, 5.74) is 1.26. The van der Waals surface area contributed by atoms with E-state index in [9.17, 15) is 14.4 Å². The van der Waals surface area contributed by atoms with Crippen LogP contribution in [0.2, 0.25) is 0 Å². The fourth-order valence-corrected chi connectivity index (χ4v) is 2.93. The van der Waals surface area contributed by atoms with E-state index in [1.54, 1.807) is 6.92 Å². The molecule has 22 heavy (non-hydrogen) atoms. The molecule has 0 radical (unpaired) electrons. The van der Waals surface area contributed by atoms with Crippen LogP contribution >= 0.6 is 0 Å². The average Bonchev–Trinajstić information content (AvgIpc) is 2.45. The van der Waals surface area contributed by atoms with Gasteiger partial charge in [-0.1, -0.05) is 30.3 Å². The quantitative estimate of drug-likeness (QED) is 0.782. The minimum atomic E-state index is -0.581. The van der Waals surface area contributed by atoms with E-state index in [2.05, 4.69) is 15.3 Å². The highest BCUT2D eigenvalue weighted by Gasteiger charge is 2.33. The van der Waals surface area contributed by atoms with Crippen LogP contribution in [0.4, 0.5) is 5.82 Å². The summed E-state index contributed by atoms with van der Waals surface area (Å²) in [6.45, 7) is 3.23. The van der Waals surface area contributed by atoms with Crippen molar-refractivity contribution in [2.24, 2.45) is 0 Å². The van der Waals surface area contributed by atoms with Gasteiger partial charge in [0.2, 0.25) is 0 Å². The smallest absolute Gasteiger partial charge is 0.327 e. The van der Waals surface area contributed by atoms with Crippen LogP contribution in [0.3, 0.4) is 0 Å². The van der Waals surface area contributed by atoms with Crippen molar-refractivity contribution in [3.63, 3.8) is 0 Å². The zero-order valence-electron chi connectivity index (χ0n) is 12.2. The van der Waals surface area contributed by atoms with Crippen LogP contribution in [-0.2, 0) is 4.79 Å². The van der Waals surface area contributed by atoms with Gasteiger partial charge in [-0.2, -0.15) is 0 Å². The number of nitrogens with one attached hydrogen (secondary N) is 3. The third-order valence-corrected chi connectivity index (χ3v) is 3.79. The van der Waals surface area contributed by atoms with Crippen molar-refractivity contribution in [2.75, 3.05) is 5.32 Å². The van der Waals surface area contributed by atoms with E-state index in [0.29, 0.717) is 22.7 Å². The molecule has 1 aliphatic rings. The predicted octanol–water partition coefficient (Wildman–Crippen LogP) is 1.48. The van der Waals surface area contributed by atoms with Gasteiger partial charge in [0.05, 0.1) is 5.56 Å². The number of fused-ring (bicyclic) bond motifs is 1. The molecule has 1 aromatic carbocycles. The lowest BCUT2D eigenvalue weighted by molar-refractivity contribution is -0.113. The number of carbonyl (C=O) groups is 1. The van der Waals surface area contributed by atoms with E-state index in [1.807, 2.05) is 30.3 Å². The molecule has 2 heterocycles. The van der Waals surface area contributed by atoms with Crippen molar-refractivity contribution in [2.45, 2.75) is 19.8 Å². The minimum Gasteiger partial charge on any atom is -0.345 e. The molecular formula is C16H15N3O3. The first-order valence-electron chi connectivity index (χ1n) is 6.89. The number of Topliss-reactive ketones (excluding diaryl/α,β-unsaturated/α-hetero) is 1. The molecule has 2 aromatic rings. The van der Waals surface area contributed by atoms with E-state index in [4.69, 9.17) is 0 Å². The van der Waals surface area contributed by atoms with Gasteiger partial charge < -0.3 is 5.32 Å². The molecule has 1 unspecified atom stereocenters. The van der Waals surface area contributed by atoms with Crippen LogP contribution in [0.15, 0.2) is 51.2 Å². The Kier molecular flexibility index (Phi) is 3.29. The maximum Gasteiger partial charge on any atom is 0.327 e. The molecule has 0 fully saturated rings. The molecule has 0 saturated carbocycles. The van der Waals surface area contributed by atoms with Gasteiger partial charge in [-0.3, -0.25) is 19.6 Å². The van der Waals surface area contributed by atoms with Gasteiger partial charge in [0.15, 0.2) is 5.78 Å². The van der Waals surface area contributed by atoms with Crippen LogP contribution in [0.1, 0.15) is 30.9 Å². The first-order valence-corrected chi connectivity index (χ1v) is 6.89. The summed E-state index contributed by atoms with van der Waals surface area (Å²) in [5, 5.41) is 2.96. The summed E-state index contributed by atoms with van der Waals surface area (Å²) in [5.74, 6) is -0.282. The summed E-state index contributed by atoms with van der Waals surface area (Å²) in [4.78, 5) is 40.7. The lowest BCUT2D eigenvalue weighted by Crippen LogP contribution is -2.34. The molecule has 0 spiro atoms. The lowest BCUT2D eigenvalue weighted by atomic mass is 9.81. The van der Waals surface area contributed by atoms with Gasteiger partial charge in [0.25, 0.3) is 5.56 Å². The molecule has 0 saturated heterocycles. The molecule has 0 bridgehead atoms. The predicted molar refractivity (Wildman–Crippen MR) is 83.0 cm³/mol. The third kappa shape index (κ3) is 2.18. The first kappa shape index (κ1) is 14.1. The Labute approximate surface area is 125 Å². The lowest BCUT2D eigenvalue weighted by Gasteiger charge is -2.28. The SMILES string of the molecule is CC(=O)C1=C(C)Nc2[nH]c(=O)[nH]c(=O)c2C1c1ccccc1. The first-order chi connectivity index (χ1) is 10.5. The summed E-state index contributed by atoms with van der Waals surface area (Å²) >= 11 is 0. The summed E-state index contributed by atoms with van der Waals surface area (Å²) < 4.78 is 0. The molecule has 1 atom stereocenters. The fraction of sp³-hybridized carbons (Fsp3) is 0.188. The Hall–Kier alpha value is -2.89. The minimum absolute atomic E-state index is 0.116. The summed E-state index contributed by atoms with van der Waals surface area (Å²) in [7, 11) is 0. The van der Waals surface area contributed by atoms with Crippen molar-refractivity contribution in [1.82, 2.24) is 9.97 Å². The van der Waals surface area contributed by atoms with Crippen molar-refractivity contribution in [1.29, 1.82) is 0 Å². The zero-order chi connectivity index (χ0) is 15.9. The van der Waals surface area contributed by atoms with Crippen LogP contribution in [0.25, 0.3) is 0 Å².